The molecule has 0 amide bonds. The molecule has 1 aromatic carbocycles. The monoisotopic (exact) mass is 346 g/mol. The van der Waals surface area contributed by atoms with Crippen molar-refractivity contribution in [3.05, 3.63) is 48.5 Å². The Balaban J connectivity index is 0.00000169. The molecule has 130 valence electrons. The van der Waals surface area contributed by atoms with Crippen LogP contribution < -0.4 is 5.32 Å². The largest absolute Gasteiger partial charge is 0.314 e. The lowest BCUT2D eigenvalue weighted by Gasteiger charge is -2.50. The molecule has 2 aliphatic rings. The van der Waals surface area contributed by atoms with Crippen molar-refractivity contribution >= 4 is 12.4 Å². The van der Waals surface area contributed by atoms with Gasteiger partial charge in [-0.3, -0.25) is 4.90 Å². The predicted octanol–water partition coefficient (Wildman–Crippen LogP) is 3.40. The fourth-order valence-corrected chi connectivity index (χ4v) is 4.24. The van der Waals surface area contributed by atoms with Gasteiger partial charge in [0.05, 0.1) is 6.33 Å². The first-order valence-corrected chi connectivity index (χ1v) is 8.89. The highest BCUT2D eigenvalue weighted by Crippen LogP contribution is 2.35. The molecule has 1 spiro atoms. The maximum atomic E-state index is 4.12. The summed E-state index contributed by atoms with van der Waals surface area (Å²) in [6.45, 7) is 4.53. The summed E-state index contributed by atoms with van der Waals surface area (Å²) < 4.78 is 2.05. The van der Waals surface area contributed by atoms with E-state index in [0.717, 1.165) is 13.1 Å². The van der Waals surface area contributed by atoms with E-state index in [1.807, 2.05) is 18.7 Å². The number of halogens is 1. The summed E-state index contributed by atoms with van der Waals surface area (Å²) in [6, 6.07) is 8.95. The Bertz CT molecular complexity index is 609. The zero-order valence-corrected chi connectivity index (χ0v) is 15.0. The van der Waals surface area contributed by atoms with Crippen LogP contribution in [0.3, 0.4) is 0 Å². The Kier molecular flexibility index (Phi) is 5.59. The second kappa shape index (κ2) is 7.68. The summed E-state index contributed by atoms with van der Waals surface area (Å²) in [5.74, 6) is 0. The van der Waals surface area contributed by atoms with Crippen LogP contribution in [0, 0.1) is 0 Å². The van der Waals surface area contributed by atoms with Gasteiger partial charge in [0.15, 0.2) is 0 Å². The first-order valence-electron chi connectivity index (χ1n) is 8.89. The van der Waals surface area contributed by atoms with E-state index in [0.29, 0.717) is 5.54 Å². The normalized spacial score (nSPS) is 20.7. The van der Waals surface area contributed by atoms with Gasteiger partial charge in [-0.15, -0.1) is 12.4 Å². The molecule has 0 atom stereocenters. The average molecular weight is 347 g/mol. The Morgan fingerprint density at radius 1 is 1.08 bits per heavy atom. The highest BCUT2D eigenvalue weighted by atomic mass is 35.5. The lowest BCUT2D eigenvalue weighted by Crippen LogP contribution is -2.61. The minimum absolute atomic E-state index is 0. The zero-order valence-electron chi connectivity index (χ0n) is 14.2. The molecule has 4 nitrogen and oxygen atoms in total. The number of imidazole rings is 1. The van der Waals surface area contributed by atoms with E-state index >= 15 is 0 Å². The second-order valence-electron chi connectivity index (χ2n) is 7.02. The molecule has 2 heterocycles. The lowest BCUT2D eigenvalue weighted by molar-refractivity contribution is 0.0209. The number of rotatable bonds is 3. The van der Waals surface area contributed by atoms with E-state index < -0.39 is 0 Å². The van der Waals surface area contributed by atoms with Gasteiger partial charge in [-0.1, -0.05) is 31.4 Å². The number of hydrogen-bond acceptors (Lipinski definition) is 3. The number of benzene rings is 1. The van der Waals surface area contributed by atoms with Gasteiger partial charge in [-0.25, -0.2) is 4.98 Å². The topological polar surface area (TPSA) is 33.1 Å². The summed E-state index contributed by atoms with van der Waals surface area (Å²) >= 11 is 0. The molecule has 0 radical (unpaired) electrons. The number of nitrogens with one attached hydrogen (secondary N) is 1. The summed E-state index contributed by atoms with van der Waals surface area (Å²) in [7, 11) is 0. The number of piperazine rings is 1. The highest BCUT2D eigenvalue weighted by molar-refractivity contribution is 5.85. The van der Waals surface area contributed by atoms with E-state index in [1.54, 1.807) is 0 Å². The molecule has 2 fully saturated rings. The third-order valence-corrected chi connectivity index (χ3v) is 5.58. The minimum atomic E-state index is 0. The fraction of sp³-hybridized carbons (Fsp3) is 0.526. The molecule has 24 heavy (non-hydrogen) atoms. The van der Waals surface area contributed by atoms with E-state index in [1.165, 1.54) is 56.4 Å². The number of aromatic nitrogens is 2. The Morgan fingerprint density at radius 2 is 1.88 bits per heavy atom. The Morgan fingerprint density at radius 3 is 2.58 bits per heavy atom. The number of hydrogen-bond donors (Lipinski definition) is 1. The SMILES string of the molecule is Cl.c1cn(-c2ccc(CN3CCNCC34CCCCC4)cc2)cn1. The Labute approximate surface area is 150 Å². The van der Waals surface area contributed by atoms with Gasteiger partial charge in [-0.05, 0) is 30.5 Å². The lowest BCUT2D eigenvalue weighted by atomic mass is 9.79. The van der Waals surface area contributed by atoms with Crippen molar-refractivity contribution in [3.8, 4) is 5.69 Å². The van der Waals surface area contributed by atoms with Gasteiger partial charge in [0.25, 0.3) is 0 Å². The molecule has 1 N–H and O–H groups in total. The zero-order chi connectivity index (χ0) is 15.5. The molecule has 1 saturated heterocycles. The van der Waals surface area contributed by atoms with E-state index in [4.69, 9.17) is 0 Å². The van der Waals surface area contributed by atoms with Gasteiger partial charge in [0, 0.05) is 49.8 Å². The van der Waals surface area contributed by atoms with Crippen LogP contribution in [-0.2, 0) is 6.54 Å². The van der Waals surface area contributed by atoms with Crippen molar-refractivity contribution in [1.29, 1.82) is 0 Å². The quantitative estimate of drug-likeness (QED) is 0.924. The molecule has 1 aliphatic heterocycles. The summed E-state index contributed by atoms with van der Waals surface area (Å²) in [5.41, 5.74) is 3.00. The summed E-state index contributed by atoms with van der Waals surface area (Å²) in [6.07, 6.45) is 12.6. The smallest absolute Gasteiger partial charge is 0.0991 e. The van der Waals surface area contributed by atoms with E-state index in [9.17, 15) is 0 Å². The standard InChI is InChI=1S/C19H26N4.ClH/c1-2-8-19(9-3-1)15-20-11-13-23(19)14-17-4-6-18(7-5-17)22-12-10-21-16-22;/h4-7,10,12,16,20H,1-3,8-9,11,13-15H2;1H. The number of nitrogens with zero attached hydrogens (tertiary/aromatic N) is 3. The second-order valence-corrected chi connectivity index (χ2v) is 7.02. The fourth-order valence-electron chi connectivity index (χ4n) is 4.24. The van der Waals surface area contributed by atoms with Gasteiger partial charge in [-0.2, -0.15) is 0 Å². The Hall–Kier alpha value is -1.36. The minimum Gasteiger partial charge on any atom is -0.314 e. The summed E-state index contributed by atoms with van der Waals surface area (Å²) in [5, 5.41) is 3.64. The van der Waals surface area contributed by atoms with Crippen LogP contribution in [-0.4, -0.2) is 39.6 Å². The summed E-state index contributed by atoms with van der Waals surface area (Å²) in [4.78, 5) is 6.86. The first kappa shape index (κ1) is 17.5. The molecular weight excluding hydrogens is 320 g/mol. The van der Waals surface area contributed by atoms with Crippen LogP contribution in [0.5, 0.6) is 0 Å². The van der Waals surface area contributed by atoms with Crippen molar-refractivity contribution in [2.24, 2.45) is 0 Å². The molecule has 0 bridgehead atoms. The van der Waals surface area contributed by atoms with Crippen LogP contribution in [0.4, 0.5) is 0 Å². The van der Waals surface area contributed by atoms with Crippen LogP contribution >= 0.6 is 12.4 Å². The molecule has 1 aromatic heterocycles. The van der Waals surface area contributed by atoms with Crippen molar-refractivity contribution in [1.82, 2.24) is 19.8 Å². The van der Waals surface area contributed by atoms with Crippen LogP contribution in [0.15, 0.2) is 43.0 Å². The van der Waals surface area contributed by atoms with Gasteiger partial charge in [0.2, 0.25) is 0 Å². The third-order valence-electron chi connectivity index (χ3n) is 5.58. The van der Waals surface area contributed by atoms with Gasteiger partial charge in [0.1, 0.15) is 0 Å². The van der Waals surface area contributed by atoms with Crippen LogP contribution in [0.25, 0.3) is 5.69 Å². The van der Waals surface area contributed by atoms with Gasteiger partial charge >= 0.3 is 0 Å². The van der Waals surface area contributed by atoms with Crippen LogP contribution in [0.2, 0.25) is 0 Å². The first-order chi connectivity index (χ1) is 11.4. The van der Waals surface area contributed by atoms with Crippen molar-refractivity contribution in [2.45, 2.75) is 44.2 Å². The molecular formula is C19H27ClN4. The van der Waals surface area contributed by atoms with E-state index in [2.05, 4.69) is 44.0 Å². The predicted molar refractivity (Wildman–Crippen MR) is 99.9 cm³/mol. The molecule has 5 heteroatoms. The van der Waals surface area contributed by atoms with Crippen molar-refractivity contribution in [2.75, 3.05) is 19.6 Å². The van der Waals surface area contributed by atoms with Crippen molar-refractivity contribution in [3.63, 3.8) is 0 Å². The van der Waals surface area contributed by atoms with E-state index in [-0.39, 0.29) is 12.4 Å². The maximum absolute atomic E-state index is 4.12. The molecule has 0 unspecified atom stereocenters. The molecule has 1 aliphatic carbocycles. The van der Waals surface area contributed by atoms with Crippen molar-refractivity contribution < 1.29 is 0 Å². The third kappa shape index (κ3) is 3.51. The van der Waals surface area contributed by atoms with Gasteiger partial charge < -0.3 is 9.88 Å². The molecule has 1 saturated carbocycles. The maximum Gasteiger partial charge on any atom is 0.0991 e. The molecule has 2 aromatic rings. The molecule has 4 rings (SSSR count). The highest BCUT2D eigenvalue weighted by Gasteiger charge is 2.39. The average Bonchev–Trinajstić information content (AvgIpc) is 3.13. The van der Waals surface area contributed by atoms with Crippen LogP contribution in [0.1, 0.15) is 37.7 Å².